The molecule has 0 amide bonds. The van der Waals surface area contributed by atoms with Gasteiger partial charge in [-0.25, -0.2) is 18.1 Å². The third-order valence-corrected chi connectivity index (χ3v) is 4.32. The third kappa shape index (κ3) is 3.92. The fourth-order valence-corrected chi connectivity index (χ4v) is 2.95. The molecule has 1 aromatic heterocycles. The lowest BCUT2D eigenvalue weighted by Gasteiger charge is -2.12. The van der Waals surface area contributed by atoms with E-state index in [4.69, 9.17) is 5.73 Å². The standard InChI is InChI=1S/C14H16N4O2S/c1-11(14-16-9-10-17-14)18-21(19,20)13-6-4-12(5-7-13)3-2-8-15/h4-7,9-11,18H,8,15H2,1H3,(H,16,17). The number of nitrogens with two attached hydrogens (primary N) is 1. The molecule has 1 heterocycles. The number of nitrogens with one attached hydrogen (secondary N) is 2. The van der Waals surface area contributed by atoms with Gasteiger partial charge in [-0.05, 0) is 31.2 Å². The van der Waals surface area contributed by atoms with Gasteiger partial charge in [0.25, 0.3) is 0 Å². The Balaban J connectivity index is 2.16. The molecule has 1 aromatic carbocycles. The van der Waals surface area contributed by atoms with Crippen molar-refractivity contribution in [2.45, 2.75) is 17.9 Å². The van der Waals surface area contributed by atoms with Crippen molar-refractivity contribution in [3.05, 3.63) is 48.0 Å². The van der Waals surface area contributed by atoms with Crippen molar-refractivity contribution in [1.29, 1.82) is 0 Å². The molecule has 110 valence electrons. The van der Waals surface area contributed by atoms with E-state index < -0.39 is 16.1 Å². The first-order valence-electron chi connectivity index (χ1n) is 6.33. The van der Waals surface area contributed by atoms with E-state index in [2.05, 4.69) is 26.5 Å². The molecule has 0 saturated carbocycles. The average Bonchev–Trinajstić information content (AvgIpc) is 2.99. The molecule has 0 bridgehead atoms. The van der Waals surface area contributed by atoms with Crippen molar-refractivity contribution in [2.24, 2.45) is 5.73 Å². The highest BCUT2D eigenvalue weighted by atomic mass is 32.2. The van der Waals surface area contributed by atoms with Crippen LogP contribution >= 0.6 is 0 Å². The largest absolute Gasteiger partial charge is 0.347 e. The number of imidazole rings is 1. The number of aromatic nitrogens is 2. The molecule has 2 rings (SSSR count). The molecular weight excluding hydrogens is 288 g/mol. The number of hydrogen-bond acceptors (Lipinski definition) is 4. The van der Waals surface area contributed by atoms with Gasteiger partial charge in [0.1, 0.15) is 5.82 Å². The van der Waals surface area contributed by atoms with Crippen LogP contribution in [0.1, 0.15) is 24.4 Å². The van der Waals surface area contributed by atoms with Gasteiger partial charge in [-0.3, -0.25) is 0 Å². The SMILES string of the molecule is CC(NS(=O)(=O)c1ccc(C#CCN)cc1)c1ncc[nH]1. The number of nitrogens with zero attached hydrogens (tertiary/aromatic N) is 1. The molecule has 6 nitrogen and oxygen atoms in total. The summed E-state index contributed by atoms with van der Waals surface area (Å²) < 4.78 is 27.1. The maximum atomic E-state index is 12.3. The van der Waals surface area contributed by atoms with Gasteiger partial charge in [-0.1, -0.05) is 11.8 Å². The average molecular weight is 304 g/mol. The van der Waals surface area contributed by atoms with Gasteiger partial charge in [0.15, 0.2) is 0 Å². The predicted octanol–water partition coefficient (Wildman–Crippen LogP) is 0.759. The van der Waals surface area contributed by atoms with Gasteiger partial charge in [0.2, 0.25) is 10.0 Å². The Morgan fingerprint density at radius 3 is 2.67 bits per heavy atom. The van der Waals surface area contributed by atoms with E-state index in [9.17, 15) is 8.42 Å². The zero-order chi connectivity index (χ0) is 15.3. The summed E-state index contributed by atoms with van der Waals surface area (Å²) >= 11 is 0. The minimum absolute atomic E-state index is 0.180. The number of H-pyrrole nitrogens is 1. The molecule has 0 aliphatic carbocycles. The second-order valence-electron chi connectivity index (χ2n) is 4.35. The Bertz CT molecular complexity index is 741. The van der Waals surface area contributed by atoms with Gasteiger partial charge in [-0.2, -0.15) is 0 Å². The number of rotatable bonds is 4. The summed E-state index contributed by atoms with van der Waals surface area (Å²) in [6.07, 6.45) is 3.22. The molecule has 1 atom stereocenters. The minimum atomic E-state index is -3.61. The lowest BCUT2D eigenvalue weighted by atomic mass is 10.2. The molecule has 0 aliphatic rings. The van der Waals surface area contributed by atoms with Crippen LogP contribution in [0.3, 0.4) is 0 Å². The Hall–Kier alpha value is -2.14. The first-order valence-corrected chi connectivity index (χ1v) is 7.82. The fraction of sp³-hybridized carbons (Fsp3) is 0.214. The predicted molar refractivity (Wildman–Crippen MR) is 79.7 cm³/mol. The van der Waals surface area contributed by atoms with Crippen LogP contribution in [-0.4, -0.2) is 24.9 Å². The van der Waals surface area contributed by atoms with E-state index >= 15 is 0 Å². The Morgan fingerprint density at radius 2 is 2.10 bits per heavy atom. The highest BCUT2D eigenvalue weighted by molar-refractivity contribution is 7.89. The van der Waals surface area contributed by atoms with Crippen LogP contribution in [0.4, 0.5) is 0 Å². The zero-order valence-electron chi connectivity index (χ0n) is 11.5. The van der Waals surface area contributed by atoms with Crippen molar-refractivity contribution in [3.63, 3.8) is 0 Å². The molecule has 4 N–H and O–H groups in total. The Kier molecular flexibility index (Phi) is 4.75. The molecule has 2 aromatic rings. The van der Waals surface area contributed by atoms with Crippen molar-refractivity contribution >= 4 is 10.0 Å². The third-order valence-electron chi connectivity index (χ3n) is 2.76. The van der Waals surface area contributed by atoms with Crippen LogP contribution in [-0.2, 0) is 10.0 Å². The lowest BCUT2D eigenvalue weighted by molar-refractivity contribution is 0.561. The topological polar surface area (TPSA) is 101 Å². The van der Waals surface area contributed by atoms with Gasteiger partial charge in [0.05, 0.1) is 17.5 Å². The minimum Gasteiger partial charge on any atom is -0.347 e. The van der Waals surface area contributed by atoms with Crippen LogP contribution in [0.2, 0.25) is 0 Å². The quantitative estimate of drug-likeness (QED) is 0.726. The van der Waals surface area contributed by atoms with Crippen LogP contribution < -0.4 is 10.5 Å². The van der Waals surface area contributed by atoms with E-state index in [1.165, 1.54) is 12.1 Å². The molecule has 0 fully saturated rings. The maximum absolute atomic E-state index is 12.3. The molecule has 7 heteroatoms. The molecule has 0 radical (unpaired) electrons. The van der Waals surface area contributed by atoms with Gasteiger partial charge >= 0.3 is 0 Å². The van der Waals surface area contributed by atoms with Crippen LogP contribution in [0, 0.1) is 11.8 Å². The Labute approximate surface area is 123 Å². The van der Waals surface area contributed by atoms with E-state index in [1.807, 2.05) is 0 Å². The second kappa shape index (κ2) is 6.54. The zero-order valence-corrected chi connectivity index (χ0v) is 12.3. The maximum Gasteiger partial charge on any atom is 0.241 e. The molecule has 0 saturated heterocycles. The number of benzene rings is 1. The highest BCUT2D eigenvalue weighted by Gasteiger charge is 2.19. The molecule has 0 spiro atoms. The van der Waals surface area contributed by atoms with Gasteiger partial charge < -0.3 is 10.7 Å². The summed E-state index contributed by atoms with van der Waals surface area (Å²) in [4.78, 5) is 7.08. The molecule has 1 unspecified atom stereocenters. The summed E-state index contributed by atoms with van der Waals surface area (Å²) in [6, 6.07) is 5.88. The van der Waals surface area contributed by atoms with Crippen LogP contribution in [0.5, 0.6) is 0 Å². The molecule has 21 heavy (non-hydrogen) atoms. The first-order chi connectivity index (χ1) is 10.0. The van der Waals surface area contributed by atoms with Crippen molar-refractivity contribution < 1.29 is 8.42 Å². The monoisotopic (exact) mass is 304 g/mol. The fourth-order valence-electron chi connectivity index (χ4n) is 1.74. The summed E-state index contributed by atoms with van der Waals surface area (Å²) in [5.74, 6) is 6.11. The lowest BCUT2D eigenvalue weighted by Crippen LogP contribution is -2.27. The van der Waals surface area contributed by atoms with E-state index in [1.54, 1.807) is 31.5 Å². The second-order valence-corrected chi connectivity index (χ2v) is 6.06. The summed E-state index contributed by atoms with van der Waals surface area (Å²) in [7, 11) is -3.61. The van der Waals surface area contributed by atoms with Crippen molar-refractivity contribution in [3.8, 4) is 11.8 Å². The highest BCUT2D eigenvalue weighted by Crippen LogP contribution is 2.14. The van der Waals surface area contributed by atoms with Crippen LogP contribution in [0.15, 0.2) is 41.6 Å². The normalized spacial score (nSPS) is 12.5. The molecular formula is C14H16N4O2S. The summed E-state index contributed by atoms with van der Waals surface area (Å²) in [5.41, 5.74) is 6.01. The van der Waals surface area contributed by atoms with Crippen LogP contribution in [0.25, 0.3) is 0 Å². The van der Waals surface area contributed by atoms with Crippen molar-refractivity contribution in [2.75, 3.05) is 6.54 Å². The summed E-state index contributed by atoms with van der Waals surface area (Å²) in [5, 5.41) is 0. The van der Waals surface area contributed by atoms with Gasteiger partial charge in [-0.15, -0.1) is 0 Å². The van der Waals surface area contributed by atoms with E-state index in [-0.39, 0.29) is 11.4 Å². The van der Waals surface area contributed by atoms with E-state index in [0.717, 1.165) is 5.56 Å². The first kappa shape index (κ1) is 15.3. The Morgan fingerprint density at radius 1 is 1.38 bits per heavy atom. The smallest absolute Gasteiger partial charge is 0.241 e. The van der Waals surface area contributed by atoms with Crippen molar-refractivity contribution in [1.82, 2.24) is 14.7 Å². The number of aromatic amines is 1. The van der Waals surface area contributed by atoms with E-state index in [0.29, 0.717) is 5.82 Å². The van der Waals surface area contributed by atoms with Gasteiger partial charge in [0, 0.05) is 18.0 Å². The summed E-state index contributed by atoms with van der Waals surface area (Å²) in [6.45, 7) is 1.99. The number of hydrogen-bond donors (Lipinski definition) is 3. The molecule has 0 aliphatic heterocycles. The number of sulfonamides is 1.